The molecule has 0 aliphatic carbocycles. The van der Waals surface area contributed by atoms with Crippen molar-refractivity contribution in [2.45, 2.75) is 39.2 Å². The predicted octanol–water partition coefficient (Wildman–Crippen LogP) is 3.55. The van der Waals surface area contributed by atoms with Crippen LogP contribution in [0.1, 0.15) is 52.6 Å². The largest absolute Gasteiger partial charge is 0.379 e. The van der Waals surface area contributed by atoms with Crippen molar-refractivity contribution in [2.75, 3.05) is 32.8 Å². The van der Waals surface area contributed by atoms with Crippen LogP contribution in [0.3, 0.4) is 0 Å². The number of amides is 1. The Labute approximate surface area is 165 Å². The van der Waals surface area contributed by atoms with Gasteiger partial charge in [-0.3, -0.25) is 9.69 Å². The average Bonchev–Trinajstić information content (AvgIpc) is 3.13. The average molecular weight is 388 g/mol. The number of rotatable bonds is 5. The fraction of sp³-hybridized carbons (Fsp3) is 0.524. The van der Waals surface area contributed by atoms with Gasteiger partial charge >= 0.3 is 0 Å². The zero-order valence-corrected chi connectivity index (χ0v) is 17.4. The van der Waals surface area contributed by atoms with Gasteiger partial charge in [-0.2, -0.15) is 0 Å². The van der Waals surface area contributed by atoms with Gasteiger partial charge in [0.15, 0.2) is 0 Å². The van der Waals surface area contributed by atoms with Gasteiger partial charge < -0.3 is 10.1 Å². The van der Waals surface area contributed by atoms with Gasteiger partial charge in [0.2, 0.25) is 0 Å². The number of aromatic nitrogens is 1. The highest BCUT2D eigenvalue weighted by Crippen LogP contribution is 2.27. The maximum Gasteiger partial charge on any atom is 0.263 e. The molecule has 5 nitrogen and oxygen atoms in total. The Balaban J connectivity index is 1.72. The topological polar surface area (TPSA) is 54.5 Å². The van der Waals surface area contributed by atoms with Crippen molar-refractivity contribution in [3.63, 3.8) is 0 Å². The summed E-state index contributed by atoms with van der Waals surface area (Å²) in [5.74, 6) is -0.0473. The molecule has 1 aliphatic heterocycles. The lowest BCUT2D eigenvalue weighted by Gasteiger charge is -2.35. The fourth-order valence-corrected chi connectivity index (χ4v) is 4.12. The molecule has 1 saturated heterocycles. The van der Waals surface area contributed by atoms with E-state index in [2.05, 4.69) is 67.2 Å². The molecular formula is C21H29N3O2S. The summed E-state index contributed by atoms with van der Waals surface area (Å²) in [5.41, 5.74) is 2.42. The molecular weight excluding hydrogens is 358 g/mol. The van der Waals surface area contributed by atoms with Crippen molar-refractivity contribution in [3.8, 4) is 0 Å². The quantitative estimate of drug-likeness (QED) is 0.852. The molecule has 0 saturated carbocycles. The first-order chi connectivity index (χ1) is 12.8. The van der Waals surface area contributed by atoms with Gasteiger partial charge in [0.25, 0.3) is 5.91 Å². The van der Waals surface area contributed by atoms with Crippen LogP contribution in [0.4, 0.5) is 0 Å². The van der Waals surface area contributed by atoms with Crippen molar-refractivity contribution in [2.24, 2.45) is 0 Å². The van der Waals surface area contributed by atoms with Gasteiger partial charge in [0.05, 0.1) is 30.5 Å². The van der Waals surface area contributed by atoms with Crippen molar-refractivity contribution in [1.29, 1.82) is 0 Å². The van der Waals surface area contributed by atoms with Crippen LogP contribution in [-0.4, -0.2) is 48.6 Å². The maximum absolute atomic E-state index is 12.7. The molecule has 3 rings (SSSR count). The highest BCUT2D eigenvalue weighted by atomic mass is 32.1. The van der Waals surface area contributed by atoms with E-state index >= 15 is 0 Å². The van der Waals surface area contributed by atoms with Crippen LogP contribution < -0.4 is 5.32 Å². The molecule has 0 radical (unpaired) electrons. The van der Waals surface area contributed by atoms with Crippen LogP contribution in [0.5, 0.6) is 0 Å². The molecule has 2 aromatic rings. The first kappa shape index (κ1) is 20.0. The van der Waals surface area contributed by atoms with E-state index in [-0.39, 0.29) is 17.4 Å². The van der Waals surface area contributed by atoms with Crippen LogP contribution in [0, 0.1) is 6.92 Å². The fourth-order valence-electron chi connectivity index (χ4n) is 3.23. The number of benzene rings is 1. The summed E-state index contributed by atoms with van der Waals surface area (Å²) in [7, 11) is 0. The summed E-state index contributed by atoms with van der Waals surface area (Å²) in [6, 6.07) is 8.68. The first-order valence-corrected chi connectivity index (χ1v) is 10.3. The second-order valence-corrected chi connectivity index (χ2v) is 9.10. The molecule has 0 spiro atoms. The van der Waals surface area contributed by atoms with E-state index < -0.39 is 0 Å². The summed E-state index contributed by atoms with van der Waals surface area (Å²) in [6.45, 7) is 12.2. The third kappa shape index (κ3) is 5.15. The van der Waals surface area contributed by atoms with Crippen molar-refractivity contribution < 1.29 is 9.53 Å². The van der Waals surface area contributed by atoms with Crippen LogP contribution in [0.15, 0.2) is 30.5 Å². The Morgan fingerprint density at radius 2 is 2.07 bits per heavy atom. The van der Waals surface area contributed by atoms with Gasteiger partial charge in [0.1, 0.15) is 4.88 Å². The second kappa shape index (κ2) is 8.50. The number of hydrogen-bond donors (Lipinski definition) is 1. The minimum Gasteiger partial charge on any atom is -0.379 e. The summed E-state index contributed by atoms with van der Waals surface area (Å²) in [4.78, 5) is 20.2. The Morgan fingerprint density at radius 1 is 1.33 bits per heavy atom. The monoisotopic (exact) mass is 387 g/mol. The van der Waals surface area contributed by atoms with E-state index in [1.54, 1.807) is 6.20 Å². The van der Waals surface area contributed by atoms with Gasteiger partial charge in [-0.1, -0.05) is 50.6 Å². The molecule has 1 aliphatic rings. The number of aryl methyl sites for hydroxylation is 1. The molecule has 6 heteroatoms. The molecule has 1 unspecified atom stereocenters. The van der Waals surface area contributed by atoms with Crippen LogP contribution in [-0.2, 0) is 10.2 Å². The maximum atomic E-state index is 12.7. The van der Waals surface area contributed by atoms with Crippen molar-refractivity contribution >= 4 is 17.2 Å². The normalized spacial score (nSPS) is 16.9. The van der Waals surface area contributed by atoms with Gasteiger partial charge in [-0.05, 0) is 12.5 Å². The van der Waals surface area contributed by atoms with Gasteiger partial charge in [-0.15, -0.1) is 11.3 Å². The lowest BCUT2D eigenvalue weighted by molar-refractivity contribution is 0.0162. The minimum absolute atomic E-state index is 0.0406. The van der Waals surface area contributed by atoms with E-state index in [4.69, 9.17) is 4.74 Å². The number of carbonyl (C=O) groups excluding carboxylic acids is 1. The number of morpholine rings is 1. The molecule has 27 heavy (non-hydrogen) atoms. The molecule has 1 fully saturated rings. The zero-order chi connectivity index (χ0) is 19.4. The standard InChI is InChI=1S/C21H29N3O2S/c1-15-6-5-7-16(12-15)17(24-8-10-26-11-9-24)13-22-19(25)18-14-23-20(27-18)21(2,3)4/h5-7,12,14,17H,8-11,13H2,1-4H3,(H,22,25). The summed E-state index contributed by atoms with van der Waals surface area (Å²) >= 11 is 1.48. The minimum atomic E-state index is -0.0473. The third-order valence-corrected chi connectivity index (χ3v) is 6.16. The number of thiazole rings is 1. The van der Waals surface area contributed by atoms with E-state index in [0.29, 0.717) is 11.4 Å². The van der Waals surface area contributed by atoms with E-state index in [0.717, 1.165) is 31.3 Å². The number of hydrogen-bond acceptors (Lipinski definition) is 5. The lowest BCUT2D eigenvalue weighted by Crippen LogP contribution is -2.43. The number of nitrogens with zero attached hydrogens (tertiary/aromatic N) is 2. The molecule has 1 aromatic heterocycles. The molecule has 1 aromatic carbocycles. The van der Waals surface area contributed by atoms with E-state index in [1.807, 2.05) is 0 Å². The van der Waals surface area contributed by atoms with Gasteiger partial charge in [0, 0.05) is 25.0 Å². The first-order valence-electron chi connectivity index (χ1n) is 9.47. The SMILES string of the molecule is Cc1cccc(C(CNC(=O)c2cnc(C(C)(C)C)s2)N2CCOCC2)c1. The van der Waals surface area contributed by atoms with Gasteiger partial charge in [-0.25, -0.2) is 4.98 Å². The Morgan fingerprint density at radius 3 is 2.70 bits per heavy atom. The summed E-state index contributed by atoms with van der Waals surface area (Å²) in [6.07, 6.45) is 1.69. The van der Waals surface area contributed by atoms with Crippen molar-refractivity contribution in [1.82, 2.24) is 15.2 Å². The summed E-state index contributed by atoms with van der Waals surface area (Å²) < 4.78 is 5.50. The smallest absolute Gasteiger partial charge is 0.263 e. The highest BCUT2D eigenvalue weighted by Gasteiger charge is 2.25. The Hall–Kier alpha value is -1.76. The molecule has 0 bridgehead atoms. The number of carbonyl (C=O) groups is 1. The Bertz CT molecular complexity index is 776. The molecule has 2 heterocycles. The zero-order valence-electron chi connectivity index (χ0n) is 16.6. The predicted molar refractivity (Wildman–Crippen MR) is 109 cm³/mol. The van der Waals surface area contributed by atoms with Crippen LogP contribution in [0.2, 0.25) is 0 Å². The second-order valence-electron chi connectivity index (χ2n) is 8.07. The summed E-state index contributed by atoms with van der Waals surface area (Å²) in [5, 5.41) is 4.11. The number of ether oxygens (including phenoxy) is 1. The van der Waals surface area contributed by atoms with E-state index in [1.165, 1.54) is 22.5 Å². The molecule has 146 valence electrons. The van der Waals surface area contributed by atoms with Crippen LogP contribution >= 0.6 is 11.3 Å². The van der Waals surface area contributed by atoms with Crippen LogP contribution in [0.25, 0.3) is 0 Å². The number of nitrogens with one attached hydrogen (secondary N) is 1. The Kier molecular flexibility index (Phi) is 6.29. The molecule has 1 N–H and O–H groups in total. The van der Waals surface area contributed by atoms with Crippen molar-refractivity contribution in [3.05, 3.63) is 51.5 Å². The molecule has 1 atom stereocenters. The lowest BCUT2D eigenvalue weighted by atomic mass is 9.98. The molecule has 1 amide bonds. The third-order valence-electron chi connectivity index (χ3n) is 4.74. The van der Waals surface area contributed by atoms with E-state index in [9.17, 15) is 4.79 Å². The highest BCUT2D eigenvalue weighted by molar-refractivity contribution is 7.13.